The molecular weight excluding hydrogens is 789 g/mol. The van der Waals surface area contributed by atoms with Crippen LogP contribution in [0, 0.1) is 0 Å². The molecule has 0 aliphatic rings. The molecule has 0 amide bonds. The number of rotatable bonds is 48. The summed E-state index contributed by atoms with van der Waals surface area (Å²) in [5, 5.41) is 0. The summed E-state index contributed by atoms with van der Waals surface area (Å²) in [5.74, 6) is -0.479. The predicted octanol–water partition coefficient (Wildman–Crippen LogP) is 18.2. The smallest absolute Gasteiger partial charge is 0.306 e. The molecule has 0 saturated heterocycles. The average molecular weight is 889 g/mol. The molecule has 0 radical (unpaired) electrons. The summed E-state index contributed by atoms with van der Waals surface area (Å²) >= 11 is 0. The Morgan fingerprint density at radius 1 is 0.359 bits per heavy atom. The lowest BCUT2D eigenvalue weighted by Gasteiger charge is -2.18. The van der Waals surface area contributed by atoms with E-state index < -0.39 is 6.10 Å². The molecule has 0 bridgehead atoms. The Balaban J connectivity index is 4.31. The third-order valence-corrected chi connectivity index (χ3v) is 11.1. The Morgan fingerprint density at radius 3 is 1.23 bits per heavy atom. The summed E-state index contributed by atoms with van der Waals surface area (Å²) in [7, 11) is 0. The van der Waals surface area contributed by atoms with Crippen molar-refractivity contribution in [3.05, 3.63) is 97.2 Å². The number of carbonyl (C=O) groups is 2. The van der Waals surface area contributed by atoms with E-state index in [-0.39, 0.29) is 25.2 Å². The topological polar surface area (TPSA) is 61.8 Å². The minimum absolute atomic E-state index is 0.0472. The summed E-state index contributed by atoms with van der Waals surface area (Å²) in [6, 6.07) is 0. The zero-order chi connectivity index (χ0) is 46.3. The normalized spacial score (nSPS) is 13.0. The molecule has 1 unspecified atom stereocenters. The van der Waals surface area contributed by atoms with Gasteiger partial charge in [0.1, 0.15) is 6.61 Å². The number of hydrogen-bond donors (Lipinski definition) is 0. The van der Waals surface area contributed by atoms with E-state index in [9.17, 15) is 9.59 Å². The SMILES string of the molecule is CC/C=C\C/C=C\C/C=C\C/C=C\C/C=C\CCCC(=O)OCC(COCCCCCCCCCCCC/C=C\C/C=C\CCCCC)OC(=O)CCCCCCC/C=C\CCCC. The molecule has 0 rings (SSSR count). The van der Waals surface area contributed by atoms with Crippen molar-refractivity contribution >= 4 is 11.9 Å². The highest BCUT2D eigenvalue weighted by atomic mass is 16.6. The maximum Gasteiger partial charge on any atom is 0.306 e. The van der Waals surface area contributed by atoms with E-state index in [0.29, 0.717) is 19.4 Å². The molecule has 0 aromatic heterocycles. The standard InChI is InChI=1S/C59H100O5/c1-4-7-10-13-16-19-22-24-26-28-29-30-32-34-36-39-42-45-48-51-54-62-55-57(64-59(61)53-50-47-44-41-37-21-18-15-12-9-6-3)56-63-58(60)52-49-46-43-40-38-35-33-31-27-25-23-20-17-14-11-8-5-2/h8,11,15-20,24-27,33,35,40,43,57H,4-7,9-10,12-14,21-23,28-32,34,36-39,41-42,44-56H2,1-3H3/b11-8-,18-15-,19-16-,20-17-,26-24-,27-25-,35-33-,43-40-. The van der Waals surface area contributed by atoms with Crippen LogP contribution in [0.3, 0.4) is 0 Å². The number of carbonyl (C=O) groups excluding carboxylic acids is 2. The molecule has 0 aliphatic carbocycles. The minimum atomic E-state index is -0.569. The van der Waals surface area contributed by atoms with Crippen molar-refractivity contribution < 1.29 is 23.8 Å². The lowest BCUT2D eigenvalue weighted by Crippen LogP contribution is -2.30. The van der Waals surface area contributed by atoms with Crippen LogP contribution in [0.5, 0.6) is 0 Å². The molecule has 0 aromatic rings. The number of esters is 2. The van der Waals surface area contributed by atoms with Crippen molar-refractivity contribution in [3.8, 4) is 0 Å². The van der Waals surface area contributed by atoms with Crippen molar-refractivity contribution in [2.75, 3.05) is 19.8 Å². The first-order valence-electron chi connectivity index (χ1n) is 26.8. The average Bonchev–Trinajstić information content (AvgIpc) is 3.30. The van der Waals surface area contributed by atoms with Crippen molar-refractivity contribution in [2.24, 2.45) is 0 Å². The van der Waals surface area contributed by atoms with Crippen LogP contribution in [-0.4, -0.2) is 37.9 Å². The third-order valence-electron chi connectivity index (χ3n) is 11.1. The maximum absolute atomic E-state index is 12.8. The van der Waals surface area contributed by atoms with Crippen LogP contribution in [0.15, 0.2) is 97.2 Å². The van der Waals surface area contributed by atoms with E-state index in [1.54, 1.807) is 0 Å². The second-order valence-electron chi connectivity index (χ2n) is 17.4. The van der Waals surface area contributed by atoms with E-state index in [1.165, 1.54) is 116 Å². The third kappa shape index (κ3) is 51.5. The summed E-state index contributed by atoms with van der Waals surface area (Å²) in [5.41, 5.74) is 0. The number of hydrogen-bond acceptors (Lipinski definition) is 5. The molecule has 0 heterocycles. The second-order valence-corrected chi connectivity index (χ2v) is 17.4. The van der Waals surface area contributed by atoms with Crippen LogP contribution in [0.1, 0.15) is 239 Å². The molecule has 1 atom stereocenters. The highest BCUT2D eigenvalue weighted by Crippen LogP contribution is 2.13. The molecule has 0 aromatic carbocycles. The highest BCUT2D eigenvalue weighted by Gasteiger charge is 2.17. The Labute approximate surface area is 396 Å². The van der Waals surface area contributed by atoms with Gasteiger partial charge in [-0.25, -0.2) is 0 Å². The fourth-order valence-corrected chi connectivity index (χ4v) is 7.09. The quantitative estimate of drug-likeness (QED) is 0.0346. The summed E-state index contributed by atoms with van der Waals surface area (Å²) < 4.78 is 17.4. The van der Waals surface area contributed by atoms with Gasteiger partial charge in [-0.05, 0) is 109 Å². The van der Waals surface area contributed by atoms with Crippen LogP contribution in [0.25, 0.3) is 0 Å². The largest absolute Gasteiger partial charge is 0.462 e. The maximum atomic E-state index is 12.8. The fourth-order valence-electron chi connectivity index (χ4n) is 7.09. The Kier molecular flexibility index (Phi) is 51.5. The molecule has 0 fully saturated rings. The van der Waals surface area contributed by atoms with Crippen LogP contribution in [0.4, 0.5) is 0 Å². The lowest BCUT2D eigenvalue weighted by atomic mass is 10.1. The number of unbranched alkanes of at least 4 members (excludes halogenated alkanes) is 21. The van der Waals surface area contributed by atoms with Crippen molar-refractivity contribution in [2.45, 2.75) is 245 Å². The fraction of sp³-hybridized carbons (Fsp3) is 0.695. The van der Waals surface area contributed by atoms with E-state index in [1.807, 2.05) is 0 Å². The van der Waals surface area contributed by atoms with Gasteiger partial charge in [0.25, 0.3) is 0 Å². The van der Waals surface area contributed by atoms with E-state index in [2.05, 4.69) is 118 Å². The number of ether oxygens (including phenoxy) is 3. The van der Waals surface area contributed by atoms with E-state index >= 15 is 0 Å². The molecule has 5 heteroatoms. The first-order valence-corrected chi connectivity index (χ1v) is 26.8. The van der Waals surface area contributed by atoms with Crippen LogP contribution in [-0.2, 0) is 23.8 Å². The van der Waals surface area contributed by atoms with Gasteiger partial charge < -0.3 is 14.2 Å². The first kappa shape index (κ1) is 60.8. The molecule has 5 nitrogen and oxygen atoms in total. The molecule has 0 saturated carbocycles. The van der Waals surface area contributed by atoms with E-state index in [0.717, 1.165) is 89.9 Å². The van der Waals surface area contributed by atoms with Gasteiger partial charge in [-0.15, -0.1) is 0 Å². The summed E-state index contributed by atoms with van der Waals surface area (Å²) in [4.78, 5) is 25.4. The monoisotopic (exact) mass is 889 g/mol. The van der Waals surface area contributed by atoms with Gasteiger partial charge in [-0.3, -0.25) is 9.59 Å². The molecule has 0 aliphatic heterocycles. The van der Waals surface area contributed by atoms with Crippen LogP contribution in [0.2, 0.25) is 0 Å². The molecule has 0 N–H and O–H groups in total. The molecule has 0 spiro atoms. The number of allylic oxidation sites excluding steroid dienone is 16. The second kappa shape index (κ2) is 54.2. The van der Waals surface area contributed by atoms with Gasteiger partial charge in [0.15, 0.2) is 6.10 Å². The van der Waals surface area contributed by atoms with Crippen molar-refractivity contribution in [1.29, 1.82) is 0 Å². The lowest BCUT2D eigenvalue weighted by molar-refractivity contribution is -0.163. The Morgan fingerprint density at radius 2 is 0.734 bits per heavy atom. The van der Waals surface area contributed by atoms with Crippen LogP contribution >= 0.6 is 0 Å². The summed E-state index contributed by atoms with van der Waals surface area (Å²) in [6.07, 6.45) is 72.8. The zero-order valence-corrected chi connectivity index (χ0v) is 42.0. The summed E-state index contributed by atoms with van der Waals surface area (Å²) in [6.45, 7) is 7.58. The van der Waals surface area contributed by atoms with Gasteiger partial charge >= 0.3 is 11.9 Å². The van der Waals surface area contributed by atoms with Crippen molar-refractivity contribution in [1.82, 2.24) is 0 Å². The van der Waals surface area contributed by atoms with Crippen LogP contribution < -0.4 is 0 Å². The predicted molar refractivity (Wildman–Crippen MR) is 279 cm³/mol. The Bertz CT molecular complexity index is 1230. The van der Waals surface area contributed by atoms with Gasteiger partial charge in [0.2, 0.25) is 0 Å². The zero-order valence-electron chi connectivity index (χ0n) is 42.0. The van der Waals surface area contributed by atoms with Gasteiger partial charge in [-0.1, -0.05) is 214 Å². The molecule has 366 valence electrons. The highest BCUT2D eigenvalue weighted by molar-refractivity contribution is 5.70. The molecule has 64 heavy (non-hydrogen) atoms. The van der Waals surface area contributed by atoms with Gasteiger partial charge in [0, 0.05) is 19.4 Å². The van der Waals surface area contributed by atoms with E-state index in [4.69, 9.17) is 14.2 Å². The van der Waals surface area contributed by atoms with Crippen molar-refractivity contribution in [3.63, 3.8) is 0 Å². The minimum Gasteiger partial charge on any atom is -0.462 e. The first-order chi connectivity index (χ1) is 31.6. The van der Waals surface area contributed by atoms with Gasteiger partial charge in [0.05, 0.1) is 6.61 Å². The Hall–Kier alpha value is -3.18. The molecular formula is C59H100O5. The van der Waals surface area contributed by atoms with Gasteiger partial charge in [-0.2, -0.15) is 0 Å².